The maximum absolute atomic E-state index is 12.9. The van der Waals surface area contributed by atoms with E-state index >= 15 is 0 Å². The molecule has 0 aromatic carbocycles. The molecule has 0 fully saturated rings. The summed E-state index contributed by atoms with van der Waals surface area (Å²) < 4.78 is 38.2. The van der Waals surface area contributed by atoms with Crippen molar-refractivity contribution in [3.05, 3.63) is 44.7 Å². The zero-order valence-electron chi connectivity index (χ0n) is 9.41. The highest BCUT2D eigenvalue weighted by Gasteiger charge is 2.25. The van der Waals surface area contributed by atoms with E-state index in [2.05, 4.69) is 4.98 Å². The van der Waals surface area contributed by atoms with Crippen molar-refractivity contribution in [3.63, 3.8) is 0 Å². The van der Waals surface area contributed by atoms with E-state index in [-0.39, 0.29) is 14.4 Å². The summed E-state index contributed by atoms with van der Waals surface area (Å²) in [5, 5.41) is 10.6. The second-order valence-electron chi connectivity index (χ2n) is 3.43. The molecule has 2 heterocycles. The Morgan fingerprint density at radius 2 is 2.15 bits per heavy atom. The average molecular weight is 338 g/mol. The van der Waals surface area contributed by atoms with Gasteiger partial charge in [-0.05, 0) is 12.1 Å². The van der Waals surface area contributed by atoms with Crippen LogP contribution in [0.3, 0.4) is 0 Å². The summed E-state index contributed by atoms with van der Waals surface area (Å²) in [7, 11) is -4.11. The molecule has 0 amide bonds. The van der Waals surface area contributed by atoms with E-state index in [9.17, 15) is 22.9 Å². The standard InChI is InChI=1S/C9H5ClFN3O4S2/c10-9-5(14(15)16)4-8(19-9)20(17,18)13-7-3-1-2-6(11)12-7/h1-4H,(H,12,13). The molecule has 0 radical (unpaired) electrons. The molecule has 0 saturated carbocycles. The van der Waals surface area contributed by atoms with Gasteiger partial charge in [0, 0.05) is 6.07 Å². The highest BCUT2D eigenvalue weighted by Crippen LogP contribution is 2.36. The summed E-state index contributed by atoms with van der Waals surface area (Å²) in [5.74, 6) is -1.10. The van der Waals surface area contributed by atoms with Gasteiger partial charge in [0.15, 0.2) is 4.34 Å². The average Bonchev–Trinajstić information content (AvgIpc) is 2.71. The van der Waals surface area contributed by atoms with Crippen LogP contribution in [0.4, 0.5) is 15.9 Å². The number of hydrogen-bond acceptors (Lipinski definition) is 6. The molecule has 0 aliphatic heterocycles. The minimum Gasteiger partial charge on any atom is -0.263 e. The van der Waals surface area contributed by atoms with Crippen LogP contribution in [0.15, 0.2) is 28.5 Å². The Labute approximate surface area is 121 Å². The molecule has 0 aliphatic carbocycles. The molecule has 0 unspecified atom stereocenters. The second-order valence-corrected chi connectivity index (χ2v) is 7.00. The van der Waals surface area contributed by atoms with Gasteiger partial charge in [0.25, 0.3) is 15.7 Å². The van der Waals surface area contributed by atoms with Gasteiger partial charge in [-0.1, -0.05) is 17.7 Å². The first kappa shape index (κ1) is 14.6. The van der Waals surface area contributed by atoms with Gasteiger partial charge < -0.3 is 0 Å². The number of anilines is 1. The van der Waals surface area contributed by atoms with Crippen LogP contribution >= 0.6 is 22.9 Å². The number of pyridine rings is 1. The quantitative estimate of drug-likeness (QED) is 0.525. The van der Waals surface area contributed by atoms with E-state index < -0.39 is 26.6 Å². The molecular weight excluding hydrogens is 333 g/mol. The van der Waals surface area contributed by atoms with Crippen molar-refractivity contribution in [1.29, 1.82) is 0 Å². The molecule has 2 rings (SSSR count). The highest BCUT2D eigenvalue weighted by molar-refractivity contribution is 7.94. The summed E-state index contributed by atoms with van der Waals surface area (Å²) >= 11 is 6.11. The van der Waals surface area contributed by atoms with Gasteiger partial charge in [-0.3, -0.25) is 14.8 Å². The molecule has 11 heteroatoms. The number of nitrogens with one attached hydrogen (secondary N) is 1. The van der Waals surface area contributed by atoms with E-state index in [0.29, 0.717) is 11.3 Å². The lowest BCUT2D eigenvalue weighted by Gasteiger charge is -2.04. The number of hydrogen-bond donors (Lipinski definition) is 1. The lowest BCUT2D eigenvalue weighted by Crippen LogP contribution is -2.12. The van der Waals surface area contributed by atoms with Crippen molar-refractivity contribution in [1.82, 2.24) is 4.98 Å². The van der Waals surface area contributed by atoms with Crippen molar-refractivity contribution in [2.45, 2.75) is 4.21 Å². The Balaban J connectivity index is 2.36. The van der Waals surface area contributed by atoms with Crippen LogP contribution in [0.2, 0.25) is 4.34 Å². The summed E-state index contributed by atoms with van der Waals surface area (Å²) in [6, 6.07) is 4.38. The molecule has 20 heavy (non-hydrogen) atoms. The molecule has 106 valence electrons. The highest BCUT2D eigenvalue weighted by atomic mass is 35.5. The minimum atomic E-state index is -4.11. The summed E-state index contributed by atoms with van der Waals surface area (Å²) in [5.41, 5.74) is -0.510. The molecule has 7 nitrogen and oxygen atoms in total. The first-order valence-corrected chi connectivity index (χ1v) is 7.56. The maximum atomic E-state index is 12.9. The van der Waals surface area contributed by atoms with Crippen LogP contribution in [-0.2, 0) is 10.0 Å². The number of nitrogens with zero attached hydrogens (tertiary/aromatic N) is 2. The molecule has 0 spiro atoms. The largest absolute Gasteiger partial charge is 0.300 e. The van der Waals surface area contributed by atoms with Crippen molar-refractivity contribution < 1.29 is 17.7 Å². The van der Waals surface area contributed by atoms with Crippen LogP contribution in [0.25, 0.3) is 0 Å². The Morgan fingerprint density at radius 1 is 1.45 bits per heavy atom. The first-order valence-electron chi connectivity index (χ1n) is 4.89. The minimum absolute atomic E-state index is 0.239. The molecule has 2 aromatic rings. The van der Waals surface area contributed by atoms with Crippen molar-refractivity contribution in [3.8, 4) is 0 Å². The Bertz CT molecular complexity index is 777. The monoisotopic (exact) mass is 337 g/mol. The normalized spacial score (nSPS) is 11.3. The van der Waals surface area contributed by atoms with Crippen LogP contribution in [0, 0.1) is 16.1 Å². The number of rotatable bonds is 4. The third-order valence-electron chi connectivity index (χ3n) is 2.06. The number of thiophene rings is 1. The van der Waals surface area contributed by atoms with Gasteiger partial charge >= 0.3 is 0 Å². The van der Waals surface area contributed by atoms with Gasteiger partial charge in [-0.2, -0.15) is 4.39 Å². The molecule has 0 saturated heterocycles. The van der Waals surface area contributed by atoms with E-state index in [1.807, 2.05) is 4.72 Å². The van der Waals surface area contributed by atoms with Crippen molar-refractivity contribution in [2.24, 2.45) is 0 Å². The predicted octanol–water partition coefficient (Wildman–Crippen LogP) is 2.64. The third kappa shape index (κ3) is 3.03. The zero-order chi connectivity index (χ0) is 14.9. The van der Waals surface area contributed by atoms with Gasteiger partial charge in [-0.15, -0.1) is 11.3 Å². The molecule has 1 N–H and O–H groups in total. The van der Waals surface area contributed by atoms with E-state index in [0.717, 1.165) is 12.1 Å². The fourth-order valence-electron chi connectivity index (χ4n) is 1.25. The van der Waals surface area contributed by atoms with Crippen LogP contribution < -0.4 is 4.72 Å². The van der Waals surface area contributed by atoms with Crippen molar-refractivity contribution >= 4 is 44.5 Å². The van der Waals surface area contributed by atoms with Crippen molar-refractivity contribution in [2.75, 3.05) is 4.72 Å². The Kier molecular flexibility index (Phi) is 3.88. The third-order valence-corrected chi connectivity index (χ3v) is 5.23. The summed E-state index contributed by atoms with van der Waals surface area (Å²) in [4.78, 5) is 13.2. The molecule has 2 aromatic heterocycles. The predicted molar refractivity (Wildman–Crippen MR) is 71.0 cm³/mol. The van der Waals surface area contributed by atoms with E-state index in [1.165, 1.54) is 12.1 Å². The molecule has 0 bridgehead atoms. The van der Waals surface area contributed by atoms with Gasteiger partial charge in [0.05, 0.1) is 4.92 Å². The molecule has 0 atom stereocenters. The Morgan fingerprint density at radius 3 is 2.70 bits per heavy atom. The second kappa shape index (κ2) is 5.31. The number of sulfonamides is 1. The van der Waals surface area contributed by atoms with Gasteiger partial charge in [-0.25, -0.2) is 13.4 Å². The lowest BCUT2D eigenvalue weighted by molar-refractivity contribution is -0.384. The molecular formula is C9H5ClFN3O4S2. The van der Waals surface area contributed by atoms with Gasteiger partial charge in [0.2, 0.25) is 5.95 Å². The smallest absolute Gasteiger partial charge is 0.263 e. The number of nitro groups is 1. The number of halogens is 2. The fourth-order valence-corrected chi connectivity index (χ4v) is 3.91. The topological polar surface area (TPSA) is 102 Å². The summed E-state index contributed by atoms with van der Waals surface area (Å²) in [6.07, 6.45) is 0. The van der Waals surface area contributed by atoms with E-state index in [4.69, 9.17) is 11.6 Å². The van der Waals surface area contributed by atoms with Crippen LogP contribution in [-0.4, -0.2) is 18.3 Å². The number of aromatic nitrogens is 1. The van der Waals surface area contributed by atoms with Gasteiger partial charge in [0.1, 0.15) is 10.0 Å². The van der Waals surface area contributed by atoms with E-state index in [1.54, 1.807) is 0 Å². The first-order chi connectivity index (χ1) is 9.29. The Hall–Kier alpha value is -1.78. The zero-order valence-corrected chi connectivity index (χ0v) is 11.8. The lowest BCUT2D eigenvalue weighted by atomic mass is 10.5. The SMILES string of the molecule is O=[N+]([O-])c1cc(S(=O)(=O)Nc2cccc(F)n2)sc1Cl. The fraction of sp³-hybridized carbons (Fsp3) is 0. The maximum Gasteiger partial charge on any atom is 0.300 e. The molecule has 0 aliphatic rings. The summed E-state index contributed by atoms with van der Waals surface area (Å²) in [6.45, 7) is 0. The van der Waals surface area contributed by atoms with Crippen LogP contribution in [0.1, 0.15) is 0 Å². The van der Waals surface area contributed by atoms with Crippen LogP contribution in [0.5, 0.6) is 0 Å².